The van der Waals surface area contributed by atoms with E-state index >= 15 is 0 Å². The summed E-state index contributed by atoms with van der Waals surface area (Å²) in [7, 11) is 3.90. The van der Waals surface area contributed by atoms with Crippen molar-refractivity contribution >= 4 is 28.1 Å². The SMILES string of the molecule is CN1CC=C(c2cc(C(=O)Nc3cc4cc(-c5cnn(C)c5CO)ccc4cn3)ccn2)CC1. The number of aliphatic hydroxyl groups excluding tert-OH is 1. The van der Waals surface area contributed by atoms with E-state index in [0.29, 0.717) is 11.4 Å². The van der Waals surface area contributed by atoms with E-state index in [2.05, 4.69) is 38.4 Å². The molecule has 0 bridgehead atoms. The normalized spacial score (nSPS) is 14.3. The van der Waals surface area contributed by atoms with E-state index in [4.69, 9.17) is 0 Å². The molecule has 172 valence electrons. The molecule has 1 amide bonds. The third-order valence-corrected chi connectivity index (χ3v) is 6.25. The quantitative estimate of drug-likeness (QED) is 0.479. The number of nitrogens with zero attached hydrogens (tertiary/aromatic N) is 5. The summed E-state index contributed by atoms with van der Waals surface area (Å²) >= 11 is 0. The second-order valence-corrected chi connectivity index (χ2v) is 8.54. The molecule has 0 saturated heterocycles. The highest BCUT2D eigenvalue weighted by atomic mass is 16.3. The van der Waals surface area contributed by atoms with E-state index in [0.717, 1.165) is 52.8 Å². The van der Waals surface area contributed by atoms with Gasteiger partial charge >= 0.3 is 0 Å². The Morgan fingerprint density at radius 3 is 2.76 bits per heavy atom. The number of carbonyl (C=O) groups is 1. The summed E-state index contributed by atoms with van der Waals surface area (Å²) in [6.45, 7) is 1.77. The average molecular weight is 455 g/mol. The Labute approximate surface area is 197 Å². The first-order chi connectivity index (χ1) is 16.5. The molecule has 1 aliphatic heterocycles. The molecule has 0 spiro atoms. The average Bonchev–Trinajstić information content (AvgIpc) is 3.24. The van der Waals surface area contributed by atoms with Crippen LogP contribution >= 0.6 is 0 Å². The zero-order chi connectivity index (χ0) is 23.7. The highest BCUT2D eigenvalue weighted by Crippen LogP contribution is 2.28. The minimum absolute atomic E-state index is 0.0942. The molecule has 0 radical (unpaired) electrons. The third-order valence-electron chi connectivity index (χ3n) is 6.25. The number of nitrogens with one attached hydrogen (secondary N) is 1. The number of anilines is 1. The molecule has 0 saturated carbocycles. The second kappa shape index (κ2) is 9.17. The minimum atomic E-state index is -0.227. The van der Waals surface area contributed by atoms with Crippen molar-refractivity contribution in [1.82, 2.24) is 24.6 Å². The summed E-state index contributed by atoms with van der Waals surface area (Å²) in [4.78, 5) is 24.1. The van der Waals surface area contributed by atoms with Gasteiger partial charge in [0.1, 0.15) is 5.82 Å². The number of pyridine rings is 2. The summed E-state index contributed by atoms with van der Waals surface area (Å²) in [5, 5.41) is 18.8. The van der Waals surface area contributed by atoms with Crippen LogP contribution in [0.25, 0.3) is 27.5 Å². The fourth-order valence-electron chi connectivity index (χ4n) is 4.21. The van der Waals surface area contributed by atoms with Crippen molar-refractivity contribution in [2.45, 2.75) is 13.0 Å². The van der Waals surface area contributed by atoms with Gasteiger partial charge in [-0.2, -0.15) is 5.10 Å². The maximum Gasteiger partial charge on any atom is 0.256 e. The van der Waals surface area contributed by atoms with Gasteiger partial charge in [0, 0.05) is 49.0 Å². The van der Waals surface area contributed by atoms with Gasteiger partial charge in [-0.1, -0.05) is 18.2 Å². The van der Waals surface area contributed by atoms with Gasteiger partial charge in [0.2, 0.25) is 0 Å². The van der Waals surface area contributed by atoms with E-state index in [-0.39, 0.29) is 12.5 Å². The number of aryl methyl sites for hydroxylation is 1. The predicted octanol–water partition coefficient (Wildman–Crippen LogP) is 3.49. The van der Waals surface area contributed by atoms with Crippen LogP contribution in [0.2, 0.25) is 0 Å². The lowest BCUT2D eigenvalue weighted by atomic mass is 10.0. The van der Waals surface area contributed by atoms with Crippen LogP contribution in [0, 0.1) is 0 Å². The zero-order valence-corrected chi connectivity index (χ0v) is 19.2. The lowest BCUT2D eigenvalue weighted by Gasteiger charge is -2.21. The van der Waals surface area contributed by atoms with Gasteiger partial charge in [0.05, 0.1) is 24.2 Å². The van der Waals surface area contributed by atoms with E-state index in [1.165, 1.54) is 5.57 Å². The van der Waals surface area contributed by atoms with Gasteiger partial charge in [-0.25, -0.2) is 4.98 Å². The number of amides is 1. The van der Waals surface area contributed by atoms with Crippen molar-refractivity contribution in [2.24, 2.45) is 7.05 Å². The Hall–Kier alpha value is -3.88. The zero-order valence-electron chi connectivity index (χ0n) is 19.2. The molecule has 5 rings (SSSR count). The van der Waals surface area contributed by atoms with Gasteiger partial charge in [0.25, 0.3) is 5.91 Å². The molecule has 8 heteroatoms. The van der Waals surface area contributed by atoms with Gasteiger partial charge in [-0.05, 0) is 54.3 Å². The number of hydrogen-bond acceptors (Lipinski definition) is 6. The summed E-state index contributed by atoms with van der Waals surface area (Å²) < 4.78 is 1.67. The first-order valence-electron chi connectivity index (χ1n) is 11.2. The molecule has 0 fully saturated rings. The van der Waals surface area contributed by atoms with Crippen molar-refractivity contribution in [1.29, 1.82) is 0 Å². The molecule has 4 aromatic rings. The van der Waals surface area contributed by atoms with Gasteiger partial charge in [-0.15, -0.1) is 0 Å². The number of benzene rings is 1. The Balaban J connectivity index is 1.39. The van der Waals surface area contributed by atoms with Crippen LogP contribution in [0.5, 0.6) is 0 Å². The van der Waals surface area contributed by atoms with Gasteiger partial charge in [-0.3, -0.25) is 14.5 Å². The van der Waals surface area contributed by atoms with Crippen molar-refractivity contribution < 1.29 is 9.90 Å². The van der Waals surface area contributed by atoms with E-state index in [9.17, 15) is 9.90 Å². The fraction of sp³-hybridized carbons (Fsp3) is 0.231. The van der Waals surface area contributed by atoms with E-state index in [1.807, 2.05) is 30.3 Å². The van der Waals surface area contributed by atoms with E-state index in [1.54, 1.807) is 36.4 Å². The van der Waals surface area contributed by atoms with Crippen LogP contribution in [0.3, 0.4) is 0 Å². The Bertz CT molecular complexity index is 1410. The maximum atomic E-state index is 13.0. The molecule has 3 aromatic heterocycles. The predicted molar refractivity (Wildman–Crippen MR) is 132 cm³/mol. The Morgan fingerprint density at radius 2 is 1.97 bits per heavy atom. The van der Waals surface area contributed by atoms with Gasteiger partial charge < -0.3 is 15.3 Å². The maximum absolute atomic E-state index is 13.0. The summed E-state index contributed by atoms with van der Waals surface area (Å²) in [6.07, 6.45) is 8.25. The second-order valence-electron chi connectivity index (χ2n) is 8.54. The molecule has 4 heterocycles. The first-order valence-corrected chi connectivity index (χ1v) is 11.2. The summed E-state index contributed by atoms with van der Waals surface area (Å²) in [6, 6.07) is 11.4. The summed E-state index contributed by atoms with van der Waals surface area (Å²) in [5.41, 5.74) is 5.12. The number of aliphatic hydroxyl groups is 1. The van der Waals surface area contributed by atoms with Crippen molar-refractivity contribution in [2.75, 3.05) is 25.5 Å². The first kappa shape index (κ1) is 21.9. The van der Waals surface area contributed by atoms with Crippen LogP contribution in [-0.4, -0.2) is 55.8 Å². The molecule has 1 aliphatic rings. The fourth-order valence-corrected chi connectivity index (χ4v) is 4.21. The number of rotatable bonds is 5. The highest BCUT2D eigenvalue weighted by molar-refractivity contribution is 6.05. The van der Waals surface area contributed by atoms with E-state index < -0.39 is 0 Å². The molecule has 34 heavy (non-hydrogen) atoms. The lowest BCUT2D eigenvalue weighted by molar-refractivity contribution is 0.102. The van der Waals surface area contributed by atoms with Crippen LogP contribution in [0.4, 0.5) is 5.82 Å². The van der Waals surface area contributed by atoms with Crippen molar-refractivity contribution in [3.05, 3.63) is 78.0 Å². The van der Waals surface area contributed by atoms with Crippen LogP contribution in [0.15, 0.2) is 61.1 Å². The molecule has 1 aromatic carbocycles. The standard InChI is InChI=1S/C26H26N6O2/c1-31-9-6-17(7-10-31)23-12-19(5-8-27-23)26(34)30-25-13-21-11-18(3-4-20(21)14-28-25)22-15-29-32(2)24(22)16-33/h3-6,8,11-15,33H,7,9-10,16H2,1-2H3,(H,28,30,34). The van der Waals surface area contributed by atoms with Crippen molar-refractivity contribution in [3.8, 4) is 11.1 Å². The largest absolute Gasteiger partial charge is 0.390 e. The van der Waals surface area contributed by atoms with Crippen molar-refractivity contribution in [3.63, 3.8) is 0 Å². The monoisotopic (exact) mass is 454 g/mol. The number of hydrogen-bond donors (Lipinski definition) is 2. The van der Waals surface area contributed by atoms with Gasteiger partial charge in [0.15, 0.2) is 0 Å². The third kappa shape index (κ3) is 4.33. The lowest BCUT2D eigenvalue weighted by Crippen LogP contribution is -2.24. The minimum Gasteiger partial charge on any atom is -0.390 e. The summed E-state index contributed by atoms with van der Waals surface area (Å²) in [5.74, 6) is 0.245. The van der Waals surface area contributed by atoms with Crippen LogP contribution in [-0.2, 0) is 13.7 Å². The molecule has 8 nitrogen and oxygen atoms in total. The van der Waals surface area contributed by atoms with Crippen LogP contribution < -0.4 is 5.32 Å². The molecule has 0 unspecified atom stereocenters. The Morgan fingerprint density at radius 1 is 1.09 bits per heavy atom. The number of carbonyl (C=O) groups excluding carboxylic acids is 1. The molecular formula is C26H26N6O2. The smallest absolute Gasteiger partial charge is 0.256 e. The molecule has 2 N–H and O–H groups in total. The molecule has 0 aliphatic carbocycles. The highest BCUT2D eigenvalue weighted by Gasteiger charge is 2.15. The molecular weight excluding hydrogens is 428 g/mol. The topological polar surface area (TPSA) is 96.2 Å². The Kier molecular flexibility index (Phi) is 5.91. The number of aromatic nitrogens is 4. The number of fused-ring (bicyclic) bond motifs is 1. The number of likely N-dealkylation sites (N-methyl/N-ethyl adjacent to an activating group) is 1. The molecule has 0 atom stereocenters. The van der Waals surface area contributed by atoms with Crippen LogP contribution in [0.1, 0.15) is 28.2 Å².